The molecule has 0 radical (unpaired) electrons. The first kappa shape index (κ1) is 17.5. The second-order valence-corrected chi connectivity index (χ2v) is 6.30. The number of aliphatic hydroxyl groups excluding tert-OH is 1. The lowest BCUT2D eigenvalue weighted by Gasteiger charge is -2.16. The molecule has 1 heterocycles. The Bertz CT molecular complexity index is 781. The predicted octanol–water partition coefficient (Wildman–Crippen LogP) is 2.99. The van der Waals surface area contributed by atoms with Crippen molar-refractivity contribution in [2.75, 3.05) is 0 Å². The van der Waals surface area contributed by atoms with E-state index in [1.54, 1.807) is 24.3 Å². The molecule has 0 fully saturated rings. The lowest BCUT2D eigenvalue weighted by Crippen LogP contribution is -2.27. The molecule has 7 heteroatoms. The number of hydrogen-bond acceptors (Lipinski definition) is 5. The van der Waals surface area contributed by atoms with E-state index in [1.807, 2.05) is 30.3 Å². The van der Waals surface area contributed by atoms with Gasteiger partial charge < -0.3 is 25.6 Å². The molecular weight excluding hydrogens is 360 g/mol. The van der Waals surface area contributed by atoms with Gasteiger partial charge in [-0.05, 0) is 35.5 Å². The first-order valence-electron chi connectivity index (χ1n) is 7.64. The molecule has 0 amide bonds. The number of hydrogen-bond donors (Lipinski definition) is 3. The molecule has 0 bridgehead atoms. The van der Waals surface area contributed by atoms with Crippen molar-refractivity contribution in [1.82, 2.24) is 5.32 Å². The summed E-state index contributed by atoms with van der Waals surface area (Å²) in [6.07, 6.45) is -1.72. The molecule has 0 spiro atoms. The normalized spacial score (nSPS) is 19.4. The summed E-state index contributed by atoms with van der Waals surface area (Å²) in [5, 5.41) is 14.1. The number of benzene rings is 2. The number of ether oxygens (including phenoxy) is 2. The average molecular weight is 377 g/mol. The molecule has 1 aliphatic heterocycles. The van der Waals surface area contributed by atoms with Crippen LogP contribution in [0, 0.1) is 0 Å². The topological polar surface area (TPSA) is 76.7 Å². The monoisotopic (exact) mass is 376 g/mol. The molecule has 0 aliphatic carbocycles. The molecule has 1 aliphatic rings. The second-order valence-electron chi connectivity index (χ2n) is 5.49. The Labute approximate surface area is 156 Å². The van der Waals surface area contributed by atoms with Crippen LogP contribution in [-0.4, -0.2) is 16.4 Å². The van der Waals surface area contributed by atoms with Gasteiger partial charge in [0.15, 0.2) is 18.0 Å². The zero-order valence-electron chi connectivity index (χ0n) is 13.2. The molecule has 0 saturated heterocycles. The standard InChI is InChI=1S/C18H17ClN2O3S/c19-13-8-6-12(7-9-13)15-14(22)16(17(20)23-15)24-18(25)21-10-11-4-2-1-3-5-11/h1-9,14-15,22H,10,20H2,(H,21,25). The van der Waals surface area contributed by atoms with E-state index < -0.39 is 12.2 Å². The van der Waals surface area contributed by atoms with Crippen LogP contribution in [-0.2, 0) is 16.0 Å². The van der Waals surface area contributed by atoms with Gasteiger partial charge >= 0.3 is 0 Å². The van der Waals surface area contributed by atoms with Gasteiger partial charge in [0.1, 0.15) is 0 Å². The summed E-state index contributed by atoms with van der Waals surface area (Å²) >= 11 is 11.0. The van der Waals surface area contributed by atoms with Gasteiger partial charge in [-0.3, -0.25) is 0 Å². The fourth-order valence-corrected chi connectivity index (χ4v) is 2.75. The van der Waals surface area contributed by atoms with E-state index in [1.165, 1.54) is 0 Å². The second kappa shape index (κ2) is 7.74. The van der Waals surface area contributed by atoms with Crippen molar-refractivity contribution < 1.29 is 14.6 Å². The third-order valence-electron chi connectivity index (χ3n) is 3.73. The first-order valence-corrected chi connectivity index (χ1v) is 8.42. The zero-order valence-corrected chi connectivity index (χ0v) is 14.8. The van der Waals surface area contributed by atoms with Crippen molar-refractivity contribution in [2.24, 2.45) is 5.73 Å². The summed E-state index contributed by atoms with van der Waals surface area (Å²) in [5.74, 6) is 0.113. The third-order valence-corrected chi connectivity index (χ3v) is 4.21. The molecule has 2 atom stereocenters. The number of rotatable bonds is 4. The van der Waals surface area contributed by atoms with Gasteiger partial charge in [0.25, 0.3) is 5.17 Å². The maximum Gasteiger partial charge on any atom is 0.262 e. The van der Waals surface area contributed by atoms with E-state index in [9.17, 15) is 5.11 Å². The van der Waals surface area contributed by atoms with Crippen LogP contribution in [0.5, 0.6) is 0 Å². The molecule has 2 aromatic rings. The minimum Gasteiger partial charge on any atom is -0.465 e. The highest BCUT2D eigenvalue weighted by atomic mass is 35.5. The van der Waals surface area contributed by atoms with Crippen LogP contribution in [0.25, 0.3) is 0 Å². The lowest BCUT2D eigenvalue weighted by atomic mass is 10.0. The van der Waals surface area contributed by atoms with Gasteiger partial charge in [0, 0.05) is 11.6 Å². The van der Waals surface area contributed by atoms with Crippen molar-refractivity contribution in [2.45, 2.75) is 18.8 Å². The fraction of sp³-hybridized carbons (Fsp3) is 0.167. The highest BCUT2D eigenvalue weighted by Crippen LogP contribution is 2.35. The van der Waals surface area contributed by atoms with Crippen LogP contribution >= 0.6 is 23.8 Å². The van der Waals surface area contributed by atoms with Crippen LogP contribution < -0.4 is 11.1 Å². The number of aliphatic hydroxyl groups is 1. The maximum atomic E-state index is 10.5. The smallest absolute Gasteiger partial charge is 0.262 e. The Morgan fingerprint density at radius 3 is 2.56 bits per heavy atom. The summed E-state index contributed by atoms with van der Waals surface area (Å²) in [6.45, 7) is 0.504. The quantitative estimate of drug-likeness (QED) is 0.712. The van der Waals surface area contributed by atoms with Crippen molar-refractivity contribution in [3.05, 3.63) is 82.4 Å². The van der Waals surface area contributed by atoms with E-state index in [-0.39, 0.29) is 16.8 Å². The summed E-state index contributed by atoms with van der Waals surface area (Å²) in [6, 6.07) is 16.7. The molecule has 5 nitrogen and oxygen atoms in total. The predicted molar refractivity (Wildman–Crippen MR) is 99.5 cm³/mol. The van der Waals surface area contributed by atoms with Crippen molar-refractivity contribution in [3.8, 4) is 0 Å². The van der Waals surface area contributed by atoms with E-state index in [4.69, 9.17) is 39.0 Å². The van der Waals surface area contributed by atoms with E-state index in [0.717, 1.165) is 11.1 Å². The summed E-state index contributed by atoms with van der Waals surface area (Å²) in [5.41, 5.74) is 7.63. The van der Waals surface area contributed by atoms with Crippen molar-refractivity contribution >= 4 is 29.0 Å². The van der Waals surface area contributed by atoms with Gasteiger partial charge in [-0.25, -0.2) is 0 Å². The number of thiocarbonyl (C=S) groups is 1. The van der Waals surface area contributed by atoms with Crippen LogP contribution in [0.1, 0.15) is 17.2 Å². The van der Waals surface area contributed by atoms with Gasteiger partial charge in [-0.1, -0.05) is 54.1 Å². The van der Waals surface area contributed by atoms with E-state index in [2.05, 4.69) is 5.32 Å². The molecule has 25 heavy (non-hydrogen) atoms. The Morgan fingerprint density at radius 1 is 1.20 bits per heavy atom. The molecule has 3 rings (SSSR count). The summed E-state index contributed by atoms with van der Waals surface area (Å²) in [4.78, 5) is 0. The van der Waals surface area contributed by atoms with Gasteiger partial charge in [0.05, 0.1) is 0 Å². The fourth-order valence-electron chi connectivity index (χ4n) is 2.46. The van der Waals surface area contributed by atoms with Gasteiger partial charge in [-0.2, -0.15) is 0 Å². The maximum absolute atomic E-state index is 10.5. The molecule has 2 unspecified atom stereocenters. The molecule has 130 valence electrons. The molecule has 2 aromatic carbocycles. The van der Waals surface area contributed by atoms with Crippen LogP contribution in [0.15, 0.2) is 66.2 Å². The number of nitrogens with one attached hydrogen (secondary N) is 1. The first-order chi connectivity index (χ1) is 12.0. The van der Waals surface area contributed by atoms with Crippen LogP contribution in [0.2, 0.25) is 5.02 Å². The van der Waals surface area contributed by atoms with Gasteiger partial charge in [0.2, 0.25) is 5.88 Å². The SMILES string of the molecule is NC1=C(OC(=S)NCc2ccccc2)C(O)C(c2ccc(Cl)cc2)O1. The van der Waals surface area contributed by atoms with E-state index in [0.29, 0.717) is 11.6 Å². The highest BCUT2D eigenvalue weighted by molar-refractivity contribution is 7.80. The van der Waals surface area contributed by atoms with Gasteiger partial charge in [-0.15, -0.1) is 0 Å². The largest absolute Gasteiger partial charge is 0.465 e. The van der Waals surface area contributed by atoms with Crippen LogP contribution in [0.3, 0.4) is 0 Å². The zero-order chi connectivity index (χ0) is 17.8. The highest BCUT2D eigenvalue weighted by Gasteiger charge is 2.38. The Balaban J connectivity index is 1.61. The minimum absolute atomic E-state index is 0.0105. The third kappa shape index (κ3) is 4.22. The van der Waals surface area contributed by atoms with Crippen LogP contribution in [0.4, 0.5) is 0 Å². The molecule has 4 N–H and O–H groups in total. The number of halogens is 1. The molecule has 0 saturated carbocycles. The average Bonchev–Trinajstić information content (AvgIpc) is 2.90. The summed E-state index contributed by atoms with van der Waals surface area (Å²) < 4.78 is 11.0. The number of nitrogens with two attached hydrogens (primary N) is 1. The van der Waals surface area contributed by atoms with E-state index >= 15 is 0 Å². The lowest BCUT2D eigenvalue weighted by molar-refractivity contribution is 0.0397. The molecular formula is C18H17ClN2O3S. The van der Waals surface area contributed by atoms with Crippen molar-refractivity contribution in [3.63, 3.8) is 0 Å². The van der Waals surface area contributed by atoms with Crippen molar-refractivity contribution in [1.29, 1.82) is 0 Å². The Morgan fingerprint density at radius 2 is 1.88 bits per heavy atom. The Kier molecular flexibility index (Phi) is 5.43. The Hall–Kier alpha value is -2.28. The molecule has 0 aromatic heterocycles. The minimum atomic E-state index is -1.06. The summed E-state index contributed by atoms with van der Waals surface area (Å²) in [7, 11) is 0.